The van der Waals surface area contributed by atoms with Gasteiger partial charge in [0.05, 0.1) is 6.33 Å². The van der Waals surface area contributed by atoms with Gasteiger partial charge in [-0.1, -0.05) is 19.1 Å². The van der Waals surface area contributed by atoms with Crippen molar-refractivity contribution in [3.8, 4) is 5.69 Å². The fourth-order valence-electron chi connectivity index (χ4n) is 2.00. The highest BCUT2D eigenvalue weighted by Gasteiger charge is 2.01. The summed E-state index contributed by atoms with van der Waals surface area (Å²) in [6.45, 7) is 4.29. The largest absolute Gasteiger partial charge is 0.312 e. The molecule has 0 saturated carbocycles. The molecule has 1 aromatic carbocycles. The number of hydrogen-bond donors (Lipinski definition) is 1. The summed E-state index contributed by atoms with van der Waals surface area (Å²) in [4.78, 5) is 4.06. The number of hydrogen-bond acceptors (Lipinski definition) is 3. The molecule has 0 spiro atoms. The van der Waals surface area contributed by atoms with Crippen LogP contribution in [0.25, 0.3) is 5.69 Å². The molecular formula is C15H21N3S. The predicted molar refractivity (Wildman–Crippen MR) is 82.8 cm³/mol. The first-order valence-electron chi connectivity index (χ1n) is 6.56. The molecule has 4 heteroatoms. The van der Waals surface area contributed by atoms with Crippen molar-refractivity contribution in [2.24, 2.45) is 5.92 Å². The summed E-state index contributed by atoms with van der Waals surface area (Å²) in [5, 5.41) is 3.51. The molecule has 0 aliphatic heterocycles. The summed E-state index contributed by atoms with van der Waals surface area (Å²) in [6.07, 6.45) is 7.72. The van der Waals surface area contributed by atoms with Gasteiger partial charge < -0.3 is 9.88 Å². The Morgan fingerprint density at radius 2 is 2.11 bits per heavy atom. The zero-order chi connectivity index (χ0) is 13.5. The van der Waals surface area contributed by atoms with Gasteiger partial charge in [-0.2, -0.15) is 11.8 Å². The molecule has 1 aromatic heterocycles. The van der Waals surface area contributed by atoms with Crippen LogP contribution in [0.4, 0.5) is 0 Å². The van der Waals surface area contributed by atoms with Gasteiger partial charge in [0.1, 0.15) is 0 Å². The lowest BCUT2D eigenvalue weighted by Crippen LogP contribution is -2.21. The molecule has 0 radical (unpaired) electrons. The fraction of sp³-hybridized carbons (Fsp3) is 0.400. The number of imidazole rings is 1. The van der Waals surface area contributed by atoms with Gasteiger partial charge in [0.2, 0.25) is 0 Å². The van der Waals surface area contributed by atoms with Gasteiger partial charge in [-0.05, 0) is 42.2 Å². The van der Waals surface area contributed by atoms with Crippen LogP contribution in [0.1, 0.15) is 12.5 Å². The lowest BCUT2D eigenvalue weighted by atomic mass is 10.2. The van der Waals surface area contributed by atoms with Crippen LogP contribution in [0.15, 0.2) is 43.0 Å². The lowest BCUT2D eigenvalue weighted by molar-refractivity contribution is 0.559. The van der Waals surface area contributed by atoms with Gasteiger partial charge in [-0.25, -0.2) is 4.98 Å². The number of benzene rings is 1. The van der Waals surface area contributed by atoms with E-state index in [2.05, 4.69) is 47.7 Å². The third-order valence-electron chi connectivity index (χ3n) is 3.01. The highest BCUT2D eigenvalue weighted by molar-refractivity contribution is 7.98. The minimum absolute atomic E-state index is 0.722. The molecule has 0 aliphatic carbocycles. The number of nitrogens with one attached hydrogen (secondary N) is 1. The van der Waals surface area contributed by atoms with E-state index < -0.39 is 0 Å². The summed E-state index contributed by atoms with van der Waals surface area (Å²) >= 11 is 1.91. The van der Waals surface area contributed by atoms with Crippen molar-refractivity contribution >= 4 is 11.8 Å². The summed E-state index contributed by atoms with van der Waals surface area (Å²) in [5.41, 5.74) is 2.47. The van der Waals surface area contributed by atoms with E-state index in [0.717, 1.165) is 24.7 Å². The van der Waals surface area contributed by atoms with Crippen LogP contribution in [0.3, 0.4) is 0 Å². The van der Waals surface area contributed by atoms with Gasteiger partial charge >= 0.3 is 0 Å². The predicted octanol–water partition coefficient (Wildman–Crippen LogP) is 2.96. The van der Waals surface area contributed by atoms with Crippen molar-refractivity contribution in [1.82, 2.24) is 14.9 Å². The van der Waals surface area contributed by atoms with Crippen molar-refractivity contribution in [2.75, 3.05) is 18.6 Å². The molecule has 0 saturated heterocycles. The number of thioether (sulfide) groups is 1. The van der Waals surface area contributed by atoms with Gasteiger partial charge in [0.25, 0.3) is 0 Å². The highest BCUT2D eigenvalue weighted by Crippen LogP contribution is 2.09. The number of aromatic nitrogens is 2. The van der Waals surface area contributed by atoms with E-state index in [4.69, 9.17) is 0 Å². The van der Waals surface area contributed by atoms with E-state index in [-0.39, 0.29) is 0 Å². The van der Waals surface area contributed by atoms with Gasteiger partial charge in [-0.15, -0.1) is 0 Å². The standard InChI is InChI=1S/C15H21N3S/c1-13(11-19-2)9-17-10-14-3-5-15(6-4-14)18-8-7-16-12-18/h3-8,12-13,17H,9-11H2,1-2H3. The Morgan fingerprint density at radius 3 is 2.74 bits per heavy atom. The second-order valence-corrected chi connectivity index (χ2v) is 5.74. The van der Waals surface area contributed by atoms with Gasteiger partial charge in [0.15, 0.2) is 0 Å². The maximum Gasteiger partial charge on any atom is 0.0991 e. The number of nitrogens with zero attached hydrogens (tertiary/aromatic N) is 2. The van der Waals surface area contributed by atoms with Gasteiger partial charge in [-0.3, -0.25) is 0 Å². The van der Waals surface area contributed by atoms with Crippen molar-refractivity contribution in [3.63, 3.8) is 0 Å². The van der Waals surface area contributed by atoms with Crippen molar-refractivity contribution in [2.45, 2.75) is 13.5 Å². The Morgan fingerprint density at radius 1 is 1.32 bits per heavy atom. The Balaban J connectivity index is 1.82. The minimum Gasteiger partial charge on any atom is -0.312 e. The topological polar surface area (TPSA) is 29.9 Å². The third-order valence-corrected chi connectivity index (χ3v) is 3.91. The third kappa shape index (κ3) is 4.40. The van der Waals surface area contributed by atoms with Crippen LogP contribution in [0.2, 0.25) is 0 Å². The van der Waals surface area contributed by atoms with E-state index >= 15 is 0 Å². The normalized spacial score (nSPS) is 12.5. The Labute approximate surface area is 119 Å². The van der Waals surface area contributed by atoms with E-state index in [1.54, 1.807) is 6.20 Å². The molecule has 1 heterocycles. The Bertz CT molecular complexity index is 465. The molecule has 0 fully saturated rings. The van der Waals surface area contributed by atoms with Crippen LogP contribution in [-0.2, 0) is 6.54 Å². The van der Waals surface area contributed by atoms with Crippen molar-refractivity contribution < 1.29 is 0 Å². The van der Waals surface area contributed by atoms with Crippen LogP contribution in [0.5, 0.6) is 0 Å². The van der Waals surface area contributed by atoms with Crippen LogP contribution >= 0.6 is 11.8 Å². The lowest BCUT2D eigenvalue weighted by Gasteiger charge is -2.11. The van der Waals surface area contributed by atoms with E-state index in [9.17, 15) is 0 Å². The molecule has 1 atom stereocenters. The first kappa shape index (κ1) is 14.2. The van der Waals surface area contributed by atoms with Gasteiger partial charge in [0, 0.05) is 24.6 Å². The quantitative estimate of drug-likeness (QED) is 0.842. The first-order valence-corrected chi connectivity index (χ1v) is 7.96. The monoisotopic (exact) mass is 275 g/mol. The molecule has 3 nitrogen and oxygen atoms in total. The zero-order valence-electron chi connectivity index (χ0n) is 11.5. The molecule has 0 bridgehead atoms. The Hall–Kier alpha value is -1.26. The maximum absolute atomic E-state index is 4.06. The second kappa shape index (κ2) is 7.36. The molecule has 2 rings (SSSR count). The molecule has 1 N–H and O–H groups in total. The highest BCUT2D eigenvalue weighted by atomic mass is 32.2. The minimum atomic E-state index is 0.722. The molecular weight excluding hydrogens is 254 g/mol. The van der Waals surface area contributed by atoms with E-state index in [0.29, 0.717) is 0 Å². The molecule has 0 amide bonds. The average Bonchev–Trinajstić information content (AvgIpc) is 2.94. The molecule has 2 aromatic rings. The first-order chi connectivity index (χ1) is 9.29. The van der Waals surface area contributed by atoms with Crippen LogP contribution in [0, 0.1) is 5.92 Å². The van der Waals surface area contributed by atoms with Crippen molar-refractivity contribution in [3.05, 3.63) is 48.5 Å². The number of rotatable bonds is 7. The summed E-state index contributed by atoms with van der Waals surface area (Å²) in [6, 6.07) is 8.59. The molecule has 102 valence electrons. The molecule has 1 unspecified atom stereocenters. The zero-order valence-corrected chi connectivity index (χ0v) is 12.4. The average molecular weight is 275 g/mol. The summed E-state index contributed by atoms with van der Waals surface area (Å²) < 4.78 is 2.01. The van der Waals surface area contributed by atoms with Crippen LogP contribution < -0.4 is 5.32 Å². The molecule has 0 aliphatic rings. The molecule has 19 heavy (non-hydrogen) atoms. The van der Waals surface area contributed by atoms with E-state index in [1.165, 1.54) is 11.3 Å². The fourth-order valence-corrected chi connectivity index (χ4v) is 2.69. The second-order valence-electron chi connectivity index (χ2n) is 4.83. The maximum atomic E-state index is 4.06. The summed E-state index contributed by atoms with van der Waals surface area (Å²) in [7, 11) is 0. The Kier molecular flexibility index (Phi) is 5.48. The summed E-state index contributed by atoms with van der Waals surface area (Å²) in [5.74, 6) is 1.94. The SMILES string of the molecule is CSCC(C)CNCc1ccc(-n2ccnc2)cc1. The smallest absolute Gasteiger partial charge is 0.0991 e. The van der Waals surface area contributed by atoms with Crippen LogP contribution in [-0.4, -0.2) is 28.1 Å². The van der Waals surface area contributed by atoms with E-state index in [1.807, 2.05) is 28.9 Å². The van der Waals surface area contributed by atoms with Crippen molar-refractivity contribution in [1.29, 1.82) is 0 Å².